The van der Waals surface area contributed by atoms with Crippen molar-refractivity contribution in [3.63, 3.8) is 0 Å². The van der Waals surface area contributed by atoms with Gasteiger partial charge in [0.05, 0.1) is 11.7 Å². The molecule has 2 fully saturated rings. The largest absolute Gasteiger partial charge is 0.368 e. The first-order valence-corrected chi connectivity index (χ1v) is 10.4. The fourth-order valence-electron chi connectivity index (χ4n) is 3.95. The molecule has 0 saturated carbocycles. The number of ether oxygens (including phenoxy) is 1. The summed E-state index contributed by atoms with van der Waals surface area (Å²) in [6, 6.07) is 6.93. The molecule has 0 radical (unpaired) electrons. The van der Waals surface area contributed by atoms with Gasteiger partial charge in [0.1, 0.15) is 19.8 Å². The number of rotatable bonds is 4. The first-order chi connectivity index (χ1) is 14.9. The van der Waals surface area contributed by atoms with Crippen LogP contribution in [0.5, 0.6) is 0 Å². The molecule has 2 saturated heterocycles. The van der Waals surface area contributed by atoms with Gasteiger partial charge >= 0.3 is 0 Å². The Labute approximate surface area is 184 Å². The Balaban J connectivity index is 1.65. The maximum atomic E-state index is 13.2. The van der Waals surface area contributed by atoms with Crippen molar-refractivity contribution in [3.05, 3.63) is 41.2 Å². The summed E-state index contributed by atoms with van der Waals surface area (Å²) in [5, 5.41) is 0.607. The molecule has 1 aromatic heterocycles. The van der Waals surface area contributed by atoms with Crippen molar-refractivity contribution in [2.45, 2.75) is 25.3 Å². The van der Waals surface area contributed by atoms with E-state index >= 15 is 0 Å². The van der Waals surface area contributed by atoms with Crippen LogP contribution in [0.3, 0.4) is 0 Å². The predicted octanol–water partition coefficient (Wildman–Crippen LogP) is 1.82. The third kappa shape index (κ3) is 4.52. The van der Waals surface area contributed by atoms with Crippen LogP contribution in [0.25, 0.3) is 11.1 Å². The Morgan fingerprint density at radius 2 is 1.87 bits per heavy atom. The molecule has 31 heavy (non-hydrogen) atoms. The van der Waals surface area contributed by atoms with Crippen molar-refractivity contribution in [2.24, 2.45) is 0 Å². The van der Waals surface area contributed by atoms with Gasteiger partial charge in [-0.3, -0.25) is 19.3 Å². The molecule has 162 valence electrons. The number of likely N-dealkylation sites (tertiary alicyclic amines) is 1. The summed E-state index contributed by atoms with van der Waals surface area (Å²) in [6.07, 6.45) is 4.07. The van der Waals surface area contributed by atoms with Crippen LogP contribution in [-0.4, -0.2) is 63.8 Å². The number of anilines is 1. The highest BCUT2D eigenvalue weighted by Gasteiger charge is 2.35. The number of nitrogens with two attached hydrogens (primary N) is 1. The molecule has 10 heteroatoms. The summed E-state index contributed by atoms with van der Waals surface area (Å²) in [5.74, 6) is -1.21. The molecule has 1 aromatic carbocycles. The SMILES string of the molecule is Nc1ncc(-c2ccc(Cl)cc2)c([C@@H]2CCCCN2C(=O)CN2C(=O)COCC2=O)n1. The van der Waals surface area contributed by atoms with E-state index in [0.29, 0.717) is 23.7 Å². The Bertz CT molecular complexity index is 997. The zero-order valence-corrected chi connectivity index (χ0v) is 17.5. The first-order valence-electron chi connectivity index (χ1n) is 10.0. The van der Waals surface area contributed by atoms with Crippen molar-refractivity contribution in [2.75, 3.05) is 32.0 Å². The number of piperidine rings is 1. The Morgan fingerprint density at radius 1 is 1.16 bits per heavy atom. The molecule has 3 amide bonds. The average Bonchev–Trinajstić information content (AvgIpc) is 2.77. The lowest BCUT2D eigenvalue weighted by Crippen LogP contribution is -2.52. The molecule has 1 atom stereocenters. The maximum absolute atomic E-state index is 13.2. The molecule has 3 heterocycles. The summed E-state index contributed by atoms with van der Waals surface area (Å²) >= 11 is 6.02. The minimum absolute atomic E-state index is 0.115. The first kappa shape index (κ1) is 21.2. The molecular formula is C21H22ClN5O4. The number of hydrogen-bond donors (Lipinski definition) is 1. The van der Waals surface area contributed by atoms with Crippen molar-refractivity contribution < 1.29 is 19.1 Å². The lowest BCUT2D eigenvalue weighted by Gasteiger charge is -2.37. The van der Waals surface area contributed by atoms with Crippen molar-refractivity contribution in [1.29, 1.82) is 0 Å². The smallest absolute Gasteiger partial charge is 0.255 e. The van der Waals surface area contributed by atoms with E-state index in [9.17, 15) is 14.4 Å². The van der Waals surface area contributed by atoms with E-state index in [1.807, 2.05) is 12.1 Å². The molecule has 2 aliphatic rings. The van der Waals surface area contributed by atoms with Crippen LogP contribution >= 0.6 is 11.6 Å². The fourth-order valence-corrected chi connectivity index (χ4v) is 4.08. The third-order valence-electron chi connectivity index (χ3n) is 5.48. The topological polar surface area (TPSA) is 119 Å². The van der Waals surface area contributed by atoms with Gasteiger partial charge in [-0.2, -0.15) is 0 Å². The Kier molecular flexibility index (Phi) is 6.15. The lowest BCUT2D eigenvalue weighted by molar-refractivity contribution is -0.162. The van der Waals surface area contributed by atoms with Gasteiger partial charge in [-0.05, 0) is 37.0 Å². The fraction of sp³-hybridized carbons (Fsp3) is 0.381. The number of carbonyl (C=O) groups is 3. The molecule has 2 aromatic rings. The number of nitrogen functional groups attached to an aromatic ring is 1. The van der Waals surface area contributed by atoms with E-state index in [0.717, 1.165) is 28.9 Å². The van der Waals surface area contributed by atoms with Gasteiger partial charge < -0.3 is 15.4 Å². The summed E-state index contributed by atoms with van der Waals surface area (Å²) in [5.41, 5.74) is 8.14. The van der Waals surface area contributed by atoms with E-state index in [-0.39, 0.29) is 37.7 Å². The van der Waals surface area contributed by atoms with E-state index in [1.54, 1.807) is 23.2 Å². The van der Waals surface area contributed by atoms with Gasteiger partial charge in [-0.25, -0.2) is 9.97 Å². The van der Waals surface area contributed by atoms with Crippen molar-refractivity contribution in [3.8, 4) is 11.1 Å². The predicted molar refractivity (Wildman–Crippen MR) is 113 cm³/mol. The monoisotopic (exact) mass is 443 g/mol. The number of hydrogen-bond acceptors (Lipinski definition) is 7. The van der Waals surface area contributed by atoms with Gasteiger partial charge in [0.2, 0.25) is 11.9 Å². The third-order valence-corrected chi connectivity index (χ3v) is 5.73. The van der Waals surface area contributed by atoms with Crippen LogP contribution in [0, 0.1) is 0 Å². The number of morpholine rings is 1. The minimum Gasteiger partial charge on any atom is -0.368 e. The van der Waals surface area contributed by atoms with E-state index in [1.165, 1.54) is 0 Å². The van der Waals surface area contributed by atoms with Crippen molar-refractivity contribution >= 4 is 35.3 Å². The number of imide groups is 1. The molecule has 0 spiro atoms. The van der Waals surface area contributed by atoms with E-state index in [2.05, 4.69) is 9.97 Å². The Morgan fingerprint density at radius 3 is 2.58 bits per heavy atom. The average molecular weight is 444 g/mol. The highest BCUT2D eigenvalue weighted by molar-refractivity contribution is 6.30. The van der Waals surface area contributed by atoms with Gasteiger partial charge in [0.25, 0.3) is 11.8 Å². The second-order valence-electron chi connectivity index (χ2n) is 7.50. The van der Waals surface area contributed by atoms with Crippen LogP contribution in [0.2, 0.25) is 5.02 Å². The maximum Gasteiger partial charge on any atom is 0.255 e. The second-order valence-corrected chi connectivity index (χ2v) is 7.94. The van der Waals surface area contributed by atoms with Crippen LogP contribution in [0.1, 0.15) is 31.0 Å². The summed E-state index contributed by atoms with van der Waals surface area (Å²) in [6.45, 7) is -0.216. The van der Waals surface area contributed by atoms with Gasteiger partial charge in [0.15, 0.2) is 0 Å². The highest BCUT2D eigenvalue weighted by atomic mass is 35.5. The molecule has 2 N–H and O–H groups in total. The zero-order valence-electron chi connectivity index (χ0n) is 16.8. The molecule has 4 rings (SSSR count). The zero-order chi connectivity index (χ0) is 22.0. The normalized spacial score (nSPS) is 19.6. The van der Waals surface area contributed by atoms with E-state index in [4.69, 9.17) is 22.1 Å². The minimum atomic E-state index is -0.508. The molecular weight excluding hydrogens is 422 g/mol. The number of amides is 3. The molecule has 0 aliphatic carbocycles. The quantitative estimate of drug-likeness (QED) is 0.716. The number of halogens is 1. The standard InChI is InChI=1S/C21H22ClN5O4/c22-14-6-4-13(5-7-14)15-9-24-21(23)25-20(15)16-3-1-2-8-26(16)17(28)10-27-18(29)11-31-12-19(27)30/h4-7,9,16H,1-3,8,10-12H2,(H2,23,24,25)/t16-/m0/s1. The van der Waals surface area contributed by atoms with Gasteiger partial charge in [-0.15, -0.1) is 0 Å². The second kappa shape index (κ2) is 8.99. The molecule has 0 bridgehead atoms. The van der Waals surface area contributed by atoms with E-state index < -0.39 is 11.8 Å². The van der Waals surface area contributed by atoms with Gasteiger partial charge in [-0.1, -0.05) is 23.7 Å². The van der Waals surface area contributed by atoms with Crippen molar-refractivity contribution in [1.82, 2.24) is 19.8 Å². The highest BCUT2D eigenvalue weighted by Crippen LogP contribution is 2.36. The Hall–Kier alpha value is -3.04. The van der Waals surface area contributed by atoms with Crippen LogP contribution in [0.15, 0.2) is 30.5 Å². The summed E-state index contributed by atoms with van der Waals surface area (Å²) in [4.78, 5) is 48.5. The van der Waals surface area contributed by atoms with Gasteiger partial charge in [0, 0.05) is 23.3 Å². The molecule has 2 aliphatic heterocycles. The summed E-state index contributed by atoms with van der Waals surface area (Å²) < 4.78 is 4.92. The number of nitrogens with zero attached hydrogens (tertiary/aromatic N) is 4. The lowest BCUT2D eigenvalue weighted by atomic mass is 9.93. The number of carbonyl (C=O) groups excluding carboxylic acids is 3. The molecule has 0 unspecified atom stereocenters. The van der Waals surface area contributed by atoms with Crippen LogP contribution in [0.4, 0.5) is 5.95 Å². The number of aromatic nitrogens is 2. The van der Waals surface area contributed by atoms with Crippen LogP contribution in [-0.2, 0) is 19.1 Å². The van der Waals surface area contributed by atoms with Crippen LogP contribution < -0.4 is 5.73 Å². The number of benzene rings is 1. The molecule has 9 nitrogen and oxygen atoms in total. The summed E-state index contributed by atoms with van der Waals surface area (Å²) in [7, 11) is 0.